The molecule has 1 N–H and O–H groups in total. The molecule has 0 saturated carbocycles. The van der Waals surface area contributed by atoms with Crippen LogP contribution in [0.4, 0.5) is 10.5 Å². The van der Waals surface area contributed by atoms with E-state index in [1.807, 2.05) is 6.92 Å². The lowest BCUT2D eigenvalue weighted by Crippen LogP contribution is -2.35. The summed E-state index contributed by atoms with van der Waals surface area (Å²) in [4.78, 5) is 29.3. The first-order valence-corrected chi connectivity index (χ1v) is 10.3. The first-order valence-electron chi connectivity index (χ1n) is 10.3. The minimum Gasteiger partial charge on any atom is -0.463 e. The van der Waals surface area contributed by atoms with Crippen molar-refractivity contribution in [3.05, 3.63) is 46.5 Å². The molecule has 7 heteroatoms. The Balaban J connectivity index is 1.53. The molecule has 0 saturated heterocycles. The molecule has 1 heterocycles. The molecule has 1 aromatic heterocycles. The van der Waals surface area contributed by atoms with Crippen LogP contribution >= 0.6 is 0 Å². The molecule has 0 radical (unpaired) electrons. The number of anilines is 1. The monoisotopic (exact) mass is 397 g/mol. The zero-order valence-corrected chi connectivity index (χ0v) is 17.0. The van der Waals surface area contributed by atoms with E-state index in [0.717, 1.165) is 50.0 Å². The smallest absolute Gasteiger partial charge is 0.412 e. The SMILES string of the molecule is CCOC(=O)C(Cn1ccnc1C)OC(=O)Nc1c2c(cc3c1CCC3)CCC2. The number of hydrogen-bond donors (Lipinski definition) is 1. The molecular formula is C22H27N3O4. The van der Waals surface area contributed by atoms with Gasteiger partial charge in [0.15, 0.2) is 0 Å². The molecule has 29 heavy (non-hydrogen) atoms. The Morgan fingerprint density at radius 3 is 2.45 bits per heavy atom. The van der Waals surface area contributed by atoms with E-state index in [1.54, 1.807) is 23.9 Å². The third-order valence-corrected chi connectivity index (χ3v) is 5.79. The van der Waals surface area contributed by atoms with E-state index in [2.05, 4.69) is 16.4 Å². The number of benzene rings is 1. The molecule has 154 valence electrons. The molecular weight excluding hydrogens is 370 g/mol. The third kappa shape index (κ3) is 3.99. The Kier molecular flexibility index (Phi) is 5.56. The van der Waals surface area contributed by atoms with Gasteiger partial charge in [0.25, 0.3) is 0 Å². The fourth-order valence-corrected chi connectivity index (χ4v) is 4.40. The van der Waals surface area contributed by atoms with Crippen LogP contribution in [0.2, 0.25) is 0 Å². The van der Waals surface area contributed by atoms with Crippen LogP contribution in [0.1, 0.15) is 47.8 Å². The summed E-state index contributed by atoms with van der Waals surface area (Å²) in [6.07, 6.45) is 7.99. The molecule has 1 unspecified atom stereocenters. The maximum Gasteiger partial charge on any atom is 0.412 e. The molecule has 1 atom stereocenters. The van der Waals surface area contributed by atoms with Gasteiger partial charge in [0, 0.05) is 12.4 Å². The van der Waals surface area contributed by atoms with E-state index < -0.39 is 18.2 Å². The van der Waals surface area contributed by atoms with Crippen LogP contribution in [-0.2, 0) is 46.5 Å². The van der Waals surface area contributed by atoms with Crippen LogP contribution in [0.3, 0.4) is 0 Å². The standard InChI is InChI=1S/C22H27N3O4/c1-3-28-21(26)19(13-25-11-10-23-14(25)2)29-22(27)24-20-17-8-4-6-15(17)12-16-7-5-9-18(16)20/h10-12,19H,3-9,13H2,1-2H3,(H,24,27). The minimum atomic E-state index is -1.03. The summed E-state index contributed by atoms with van der Waals surface area (Å²) in [5.41, 5.74) is 6.01. The van der Waals surface area contributed by atoms with E-state index >= 15 is 0 Å². The molecule has 2 aliphatic carbocycles. The molecule has 0 fully saturated rings. The second-order valence-corrected chi connectivity index (χ2v) is 7.63. The topological polar surface area (TPSA) is 82.5 Å². The Bertz CT molecular complexity index is 902. The first kappa shape index (κ1) is 19.5. The normalized spacial score (nSPS) is 15.5. The van der Waals surface area contributed by atoms with Crippen LogP contribution in [0.25, 0.3) is 0 Å². The summed E-state index contributed by atoms with van der Waals surface area (Å²) in [5, 5.41) is 2.97. The molecule has 1 amide bonds. The van der Waals surface area contributed by atoms with Crippen molar-refractivity contribution in [1.82, 2.24) is 9.55 Å². The van der Waals surface area contributed by atoms with Gasteiger partial charge in [0.1, 0.15) is 5.82 Å². The van der Waals surface area contributed by atoms with Crippen molar-refractivity contribution in [2.24, 2.45) is 0 Å². The first-order chi connectivity index (χ1) is 14.1. The lowest BCUT2D eigenvalue weighted by Gasteiger charge is -2.20. The second kappa shape index (κ2) is 8.27. The fraction of sp³-hybridized carbons (Fsp3) is 0.500. The predicted octanol–water partition coefficient (Wildman–Crippen LogP) is 3.35. The van der Waals surface area contributed by atoms with Crippen LogP contribution in [0.15, 0.2) is 18.5 Å². The van der Waals surface area contributed by atoms with Crippen LogP contribution in [0.5, 0.6) is 0 Å². The van der Waals surface area contributed by atoms with Crippen molar-refractivity contribution in [1.29, 1.82) is 0 Å². The van der Waals surface area contributed by atoms with Gasteiger partial charge < -0.3 is 14.0 Å². The number of nitrogens with zero attached hydrogens (tertiary/aromatic N) is 2. The van der Waals surface area contributed by atoms with E-state index in [0.29, 0.717) is 0 Å². The zero-order valence-electron chi connectivity index (χ0n) is 17.0. The number of aromatic nitrogens is 2. The average Bonchev–Trinajstić information content (AvgIpc) is 3.42. The van der Waals surface area contributed by atoms with Gasteiger partial charge in [0.2, 0.25) is 6.10 Å². The molecule has 4 rings (SSSR count). The highest BCUT2D eigenvalue weighted by atomic mass is 16.6. The Labute approximate surface area is 170 Å². The lowest BCUT2D eigenvalue weighted by atomic mass is 9.99. The van der Waals surface area contributed by atoms with Gasteiger partial charge in [-0.3, -0.25) is 5.32 Å². The van der Waals surface area contributed by atoms with Gasteiger partial charge in [-0.15, -0.1) is 0 Å². The number of fused-ring (bicyclic) bond motifs is 2. The highest BCUT2D eigenvalue weighted by Crippen LogP contribution is 2.38. The molecule has 2 aliphatic rings. The minimum absolute atomic E-state index is 0.170. The maximum absolute atomic E-state index is 12.8. The Morgan fingerprint density at radius 1 is 1.17 bits per heavy atom. The number of rotatable bonds is 6. The zero-order chi connectivity index (χ0) is 20.4. The number of esters is 1. The number of imidazole rings is 1. The van der Waals surface area contributed by atoms with Crippen molar-refractivity contribution in [2.45, 2.75) is 65.0 Å². The van der Waals surface area contributed by atoms with Gasteiger partial charge >= 0.3 is 12.1 Å². The molecule has 0 spiro atoms. The number of carbonyl (C=O) groups is 2. The van der Waals surface area contributed by atoms with E-state index in [-0.39, 0.29) is 13.2 Å². The average molecular weight is 397 g/mol. The molecule has 1 aromatic carbocycles. The van der Waals surface area contributed by atoms with Gasteiger partial charge in [0.05, 0.1) is 18.8 Å². The van der Waals surface area contributed by atoms with Crippen LogP contribution < -0.4 is 5.32 Å². The largest absolute Gasteiger partial charge is 0.463 e. The molecule has 0 aliphatic heterocycles. The molecule has 2 aromatic rings. The van der Waals surface area contributed by atoms with Crippen LogP contribution in [0, 0.1) is 6.92 Å². The number of hydrogen-bond acceptors (Lipinski definition) is 5. The van der Waals surface area contributed by atoms with Crippen LogP contribution in [-0.4, -0.2) is 34.3 Å². The third-order valence-electron chi connectivity index (χ3n) is 5.79. The number of ether oxygens (including phenoxy) is 2. The Hall–Kier alpha value is -2.83. The van der Waals surface area contributed by atoms with Gasteiger partial charge in [-0.25, -0.2) is 14.6 Å². The second-order valence-electron chi connectivity index (χ2n) is 7.63. The predicted molar refractivity (Wildman–Crippen MR) is 108 cm³/mol. The van der Waals surface area contributed by atoms with Crippen molar-refractivity contribution in [3.63, 3.8) is 0 Å². The van der Waals surface area contributed by atoms with E-state index in [4.69, 9.17) is 9.47 Å². The Morgan fingerprint density at radius 2 is 1.86 bits per heavy atom. The van der Waals surface area contributed by atoms with Gasteiger partial charge in [-0.2, -0.15) is 0 Å². The summed E-state index contributed by atoms with van der Waals surface area (Å²) in [6.45, 7) is 3.96. The number of carbonyl (C=O) groups excluding carboxylic acids is 2. The maximum atomic E-state index is 12.8. The highest BCUT2D eigenvalue weighted by Gasteiger charge is 2.29. The van der Waals surface area contributed by atoms with Crippen molar-refractivity contribution >= 4 is 17.7 Å². The lowest BCUT2D eigenvalue weighted by molar-refractivity contribution is -0.153. The van der Waals surface area contributed by atoms with Crippen molar-refractivity contribution in [3.8, 4) is 0 Å². The number of aryl methyl sites for hydroxylation is 3. The molecule has 7 nitrogen and oxygen atoms in total. The summed E-state index contributed by atoms with van der Waals surface area (Å²) < 4.78 is 12.4. The van der Waals surface area contributed by atoms with Crippen molar-refractivity contribution in [2.75, 3.05) is 11.9 Å². The fourth-order valence-electron chi connectivity index (χ4n) is 4.40. The summed E-state index contributed by atoms with van der Waals surface area (Å²) in [6, 6.07) is 2.31. The number of amides is 1. The van der Waals surface area contributed by atoms with Crippen molar-refractivity contribution < 1.29 is 19.1 Å². The highest BCUT2D eigenvalue weighted by molar-refractivity contribution is 5.90. The summed E-state index contributed by atoms with van der Waals surface area (Å²) in [5.74, 6) is 0.182. The van der Waals surface area contributed by atoms with E-state index in [9.17, 15) is 9.59 Å². The summed E-state index contributed by atoms with van der Waals surface area (Å²) >= 11 is 0. The molecule has 0 bridgehead atoms. The van der Waals surface area contributed by atoms with Gasteiger partial charge in [-0.05, 0) is 74.6 Å². The quantitative estimate of drug-likeness (QED) is 0.756. The van der Waals surface area contributed by atoms with E-state index in [1.165, 1.54) is 22.3 Å². The van der Waals surface area contributed by atoms with Gasteiger partial charge in [-0.1, -0.05) is 6.07 Å². The number of nitrogens with one attached hydrogen (secondary N) is 1. The summed E-state index contributed by atoms with van der Waals surface area (Å²) in [7, 11) is 0.